The standard InChI is InChI=1S/C10H13NO/c1-9(11-12)7-8-10-5-3-2-4-6-10/h2-6,12H,7-8H2,1H3. The molecule has 1 aromatic carbocycles. The van der Waals surface area contributed by atoms with Crippen LogP contribution in [0.4, 0.5) is 0 Å². The highest BCUT2D eigenvalue weighted by Gasteiger charge is 1.93. The Balaban J connectivity index is 2.44. The Hall–Kier alpha value is -1.31. The van der Waals surface area contributed by atoms with Crippen LogP contribution in [0.3, 0.4) is 0 Å². The third kappa shape index (κ3) is 2.74. The lowest BCUT2D eigenvalue weighted by atomic mass is 10.1. The average molecular weight is 163 g/mol. The van der Waals surface area contributed by atoms with E-state index in [0.29, 0.717) is 0 Å². The van der Waals surface area contributed by atoms with Crippen LogP contribution in [0.25, 0.3) is 0 Å². The normalized spacial score (nSPS) is 11.6. The lowest BCUT2D eigenvalue weighted by molar-refractivity contribution is 0.317. The number of nitrogens with zero attached hydrogens (tertiary/aromatic N) is 1. The maximum absolute atomic E-state index is 8.40. The Bertz CT molecular complexity index is 254. The van der Waals surface area contributed by atoms with Crippen molar-refractivity contribution in [1.29, 1.82) is 0 Å². The topological polar surface area (TPSA) is 32.6 Å². The number of oxime groups is 1. The van der Waals surface area contributed by atoms with E-state index in [2.05, 4.69) is 17.3 Å². The Morgan fingerprint density at radius 3 is 2.58 bits per heavy atom. The van der Waals surface area contributed by atoms with E-state index in [1.807, 2.05) is 25.1 Å². The minimum Gasteiger partial charge on any atom is -0.411 e. The summed E-state index contributed by atoms with van der Waals surface area (Å²) in [4.78, 5) is 0. The predicted octanol–water partition coefficient (Wildman–Crippen LogP) is 2.47. The monoisotopic (exact) mass is 163 g/mol. The highest BCUT2D eigenvalue weighted by molar-refractivity contribution is 5.81. The number of rotatable bonds is 3. The Labute approximate surface area is 72.5 Å². The highest BCUT2D eigenvalue weighted by atomic mass is 16.4. The molecule has 64 valence electrons. The van der Waals surface area contributed by atoms with Gasteiger partial charge >= 0.3 is 0 Å². The van der Waals surface area contributed by atoms with Crippen molar-refractivity contribution in [3.8, 4) is 0 Å². The summed E-state index contributed by atoms with van der Waals surface area (Å²) in [7, 11) is 0. The first-order valence-corrected chi connectivity index (χ1v) is 4.04. The molecule has 0 aliphatic heterocycles. The van der Waals surface area contributed by atoms with E-state index in [-0.39, 0.29) is 0 Å². The first-order chi connectivity index (χ1) is 5.83. The van der Waals surface area contributed by atoms with Gasteiger partial charge < -0.3 is 5.21 Å². The zero-order valence-corrected chi connectivity index (χ0v) is 7.20. The lowest BCUT2D eigenvalue weighted by Crippen LogP contribution is -1.94. The molecule has 1 aromatic rings. The molecular weight excluding hydrogens is 150 g/mol. The van der Waals surface area contributed by atoms with Crippen molar-refractivity contribution in [2.45, 2.75) is 19.8 Å². The van der Waals surface area contributed by atoms with Gasteiger partial charge in [-0.05, 0) is 25.3 Å². The second kappa shape index (κ2) is 4.54. The summed E-state index contributed by atoms with van der Waals surface area (Å²) < 4.78 is 0. The first-order valence-electron chi connectivity index (χ1n) is 4.04. The summed E-state index contributed by atoms with van der Waals surface area (Å²) in [6.45, 7) is 1.82. The summed E-state index contributed by atoms with van der Waals surface area (Å²) >= 11 is 0. The molecule has 0 saturated carbocycles. The van der Waals surface area contributed by atoms with Crippen LogP contribution in [0.5, 0.6) is 0 Å². The zero-order valence-electron chi connectivity index (χ0n) is 7.20. The largest absolute Gasteiger partial charge is 0.411 e. The zero-order chi connectivity index (χ0) is 8.81. The minimum absolute atomic E-state index is 0.777. The fraction of sp³-hybridized carbons (Fsp3) is 0.300. The highest BCUT2D eigenvalue weighted by Crippen LogP contribution is 2.02. The SMILES string of the molecule is CC(CCc1ccccc1)=NO. The molecule has 12 heavy (non-hydrogen) atoms. The average Bonchev–Trinajstić information content (AvgIpc) is 2.16. The summed E-state index contributed by atoms with van der Waals surface area (Å²) in [5, 5.41) is 11.5. The van der Waals surface area contributed by atoms with Gasteiger partial charge in [-0.3, -0.25) is 0 Å². The minimum atomic E-state index is 0.777. The van der Waals surface area contributed by atoms with Crippen LogP contribution < -0.4 is 0 Å². The van der Waals surface area contributed by atoms with E-state index < -0.39 is 0 Å². The summed E-state index contributed by atoms with van der Waals surface area (Å²) in [5.41, 5.74) is 2.05. The molecule has 1 rings (SSSR count). The van der Waals surface area contributed by atoms with Gasteiger partial charge in [0.1, 0.15) is 0 Å². The van der Waals surface area contributed by atoms with E-state index in [1.165, 1.54) is 5.56 Å². The van der Waals surface area contributed by atoms with E-state index in [1.54, 1.807) is 0 Å². The molecular formula is C10H13NO. The number of aryl methyl sites for hydroxylation is 1. The van der Waals surface area contributed by atoms with Crippen LogP contribution in [-0.4, -0.2) is 10.9 Å². The van der Waals surface area contributed by atoms with Gasteiger partial charge in [-0.15, -0.1) is 0 Å². The molecule has 0 amide bonds. The molecule has 0 aromatic heterocycles. The quantitative estimate of drug-likeness (QED) is 0.414. The number of benzene rings is 1. The van der Waals surface area contributed by atoms with Gasteiger partial charge in [0.15, 0.2) is 0 Å². The van der Waals surface area contributed by atoms with Gasteiger partial charge in [0.05, 0.1) is 5.71 Å². The molecule has 1 N–H and O–H groups in total. The van der Waals surface area contributed by atoms with Crippen LogP contribution in [0, 0.1) is 0 Å². The van der Waals surface area contributed by atoms with Crippen molar-refractivity contribution in [2.75, 3.05) is 0 Å². The number of hydrogen-bond acceptors (Lipinski definition) is 2. The summed E-state index contributed by atoms with van der Waals surface area (Å²) in [6.07, 6.45) is 1.76. The van der Waals surface area contributed by atoms with Crippen molar-refractivity contribution < 1.29 is 5.21 Å². The summed E-state index contributed by atoms with van der Waals surface area (Å²) in [6, 6.07) is 10.2. The molecule has 0 atom stereocenters. The van der Waals surface area contributed by atoms with Crippen molar-refractivity contribution >= 4 is 5.71 Å². The van der Waals surface area contributed by atoms with Crippen LogP contribution in [-0.2, 0) is 6.42 Å². The Morgan fingerprint density at radius 1 is 1.33 bits per heavy atom. The van der Waals surface area contributed by atoms with E-state index in [0.717, 1.165) is 18.6 Å². The van der Waals surface area contributed by atoms with Crippen molar-refractivity contribution in [3.63, 3.8) is 0 Å². The molecule has 0 aliphatic carbocycles. The fourth-order valence-corrected chi connectivity index (χ4v) is 1.02. The van der Waals surface area contributed by atoms with Gasteiger partial charge in [-0.2, -0.15) is 0 Å². The van der Waals surface area contributed by atoms with E-state index in [4.69, 9.17) is 5.21 Å². The molecule has 0 unspecified atom stereocenters. The Kier molecular flexibility index (Phi) is 3.33. The van der Waals surface area contributed by atoms with Crippen LogP contribution in [0.1, 0.15) is 18.9 Å². The van der Waals surface area contributed by atoms with E-state index in [9.17, 15) is 0 Å². The lowest BCUT2D eigenvalue weighted by Gasteiger charge is -1.98. The molecule has 0 fully saturated rings. The Morgan fingerprint density at radius 2 is 2.00 bits per heavy atom. The van der Waals surface area contributed by atoms with Gasteiger partial charge in [0.2, 0.25) is 0 Å². The second-order valence-electron chi connectivity index (χ2n) is 2.82. The molecule has 0 aliphatic rings. The molecule has 0 heterocycles. The summed E-state index contributed by atoms with van der Waals surface area (Å²) in [5.74, 6) is 0. The fourth-order valence-electron chi connectivity index (χ4n) is 1.02. The smallest absolute Gasteiger partial charge is 0.0543 e. The van der Waals surface area contributed by atoms with Gasteiger partial charge in [-0.25, -0.2) is 0 Å². The van der Waals surface area contributed by atoms with Crippen LogP contribution in [0.15, 0.2) is 35.5 Å². The third-order valence-electron chi connectivity index (χ3n) is 1.79. The molecule has 0 saturated heterocycles. The predicted molar refractivity (Wildman–Crippen MR) is 49.7 cm³/mol. The van der Waals surface area contributed by atoms with Crippen LogP contribution >= 0.6 is 0 Å². The molecule has 2 nitrogen and oxygen atoms in total. The van der Waals surface area contributed by atoms with Gasteiger partial charge in [-0.1, -0.05) is 35.5 Å². The molecule has 0 radical (unpaired) electrons. The maximum atomic E-state index is 8.40. The number of hydrogen-bond donors (Lipinski definition) is 1. The third-order valence-corrected chi connectivity index (χ3v) is 1.79. The van der Waals surface area contributed by atoms with Crippen LogP contribution in [0.2, 0.25) is 0 Å². The van der Waals surface area contributed by atoms with Crippen molar-refractivity contribution in [3.05, 3.63) is 35.9 Å². The molecule has 2 heteroatoms. The molecule has 0 spiro atoms. The van der Waals surface area contributed by atoms with Gasteiger partial charge in [0, 0.05) is 0 Å². The van der Waals surface area contributed by atoms with Gasteiger partial charge in [0.25, 0.3) is 0 Å². The van der Waals surface area contributed by atoms with Crippen molar-refractivity contribution in [2.24, 2.45) is 5.16 Å². The second-order valence-corrected chi connectivity index (χ2v) is 2.82. The maximum Gasteiger partial charge on any atom is 0.0543 e. The first kappa shape index (κ1) is 8.78. The van der Waals surface area contributed by atoms with Crippen molar-refractivity contribution in [1.82, 2.24) is 0 Å². The van der Waals surface area contributed by atoms with E-state index >= 15 is 0 Å². The molecule has 0 bridgehead atoms.